The van der Waals surface area contributed by atoms with E-state index in [2.05, 4.69) is 25.8 Å². The van der Waals surface area contributed by atoms with E-state index in [4.69, 9.17) is 4.98 Å². The Bertz CT molecular complexity index is 1160. The van der Waals surface area contributed by atoms with Crippen molar-refractivity contribution in [2.45, 2.75) is 51.1 Å². The van der Waals surface area contributed by atoms with Gasteiger partial charge in [0.25, 0.3) is 0 Å². The normalized spacial score (nSPS) is 26.5. The van der Waals surface area contributed by atoms with Gasteiger partial charge in [-0.15, -0.1) is 5.10 Å². The van der Waals surface area contributed by atoms with Gasteiger partial charge >= 0.3 is 0 Å². The van der Waals surface area contributed by atoms with Crippen LogP contribution in [-0.4, -0.2) is 38.3 Å². The zero-order valence-corrected chi connectivity index (χ0v) is 19.1. The summed E-state index contributed by atoms with van der Waals surface area (Å²) >= 11 is 1.56. The van der Waals surface area contributed by atoms with Crippen LogP contribution in [0.1, 0.15) is 48.7 Å². The fourth-order valence-corrected chi connectivity index (χ4v) is 6.57. The van der Waals surface area contributed by atoms with Gasteiger partial charge in [-0.1, -0.05) is 0 Å². The van der Waals surface area contributed by atoms with Crippen molar-refractivity contribution >= 4 is 22.5 Å². The van der Waals surface area contributed by atoms with Crippen molar-refractivity contribution in [2.75, 3.05) is 23.3 Å². The number of anilines is 2. The van der Waals surface area contributed by atoms with Crippen molar-refractivity contribution in [3.05, 3.63) is 52.7 Å². The molecule has 2 aliphatic heterocycles. The number of fused-ring (bicyclic) bond motifs is 3. The highest BCUT2D eigenvalue weighted by molar-refractivity contribution is 7.10. The van der Waals surface area contributed by atoms with E-state index >= 15 is 0 Å². The van der Waals surface area contributed by atoms with Gasteiger partial charge in [0.2, 0.25) is 5.95 Å². The smallest absolute Gasteiger partial charge is 0.242 e. The highest BCUT2D eigenvalue weighted by Gasteiger charge is 2.43. The minimum atomic E-state index is -1.44. The van der Waals surface area contributed by atoms with Crippen LogP contribution in [0.5, 0.6) is 0 Å². The highest BCUT2D eigenvalue weighted by Crippen LogP contribution is 2.41. The molecule has 2 unspecified atom stereocenters. The molecule has 1 saturated carbocycles. The van der Waals surface area contributed by atoms with Crippen LogP contribution >= 0.6 is 11.5 Å². The summed E-state index contributed by atoms with van der Waals surface area (Å²) in [5.41, 5.74) is 1.46. The van der Waals surface area contributed by atoms with Gasteiger partial charge in [0, 0.05) is 31.6 Å². The molecule has 3 aliphatic rings. The van der Waals surface area contributed by atoms with Crippen molar-refractivity contribution < 1.29 is 13.2 Å². The van der Waals surface area contributed by atoms with Crippen LogP contribution in [0.2, 0.25) is 0 Å². The number of piperidine rings is 1. The summed E-state index contributed by atoms with van der Waals surface area (Å²) in [5, 5.41) is 9.50. The maximum Gasteiger partial charge on any atom is 0.242 e. The second-order valence-electron chi connectivity index (χ2n) is 9.49. The summed E-state index contributed by atoms with van der Waals surface area (Å²) in [4.78, 5) is 7.19. The molecule has 4 atom stereocenters. The number of halogens is 3. The molecule has 10 heteroatoms. The minimum Gasteiger partial charge on any atom is -0.361 e. The average molecular weight is 475 g/mol. The predicted octanol–water partition coefficient (Wildman–Crippen LogP) is 4.71. The molecule has 1 saturated heterocycles. The zero-order valence-electron chi connectivity index (χ0n) is 18.3. The van der Waals surface area contributed by atoms with Crippen LogP contribution in [0, 0.1) is 36.2 Å². The van der Waals surface area contributed by atoms with Gasteiger partial charge < -0.3 is 10.2 Å². The molecular weight excluding hydrogens is 449 g/mol. The SMILES string of the molecule is Cc1cc(N2C[C@H]3CC[C@@H](C2)C3Nc2nc3n(n2)CCCC3c2cc(F)c(F)c(F)c2)sn1. The predicted molar refractivity (Wildman–Crippen MR) is 120 cm³/mol. The molecule has 33 heavy (non-hydrogen) atoms. The van der Waals surface area contributed by atoms with Crippen LogP contribution in [-0.2, 0) is 6.54 Å². The molecule has 0 spiro atoms. The molecule has 6 nitrogen and oxygen atoms in total. The van der Waals surface area contributed by atoms with E-state index in [9.17, 15) is 13.2 Å². The first-order chi connectivity index (χ1) is 16.0. The summed E-state index contributed by atoms with van der Waals surface area (Å²) in [6.45, 7) is 4.71. The standard InChI is InChI=1S/C23H25F3N6S/c1-12-7-19(33-30-12)31-10-13-4-5-14(11-31)21(13)27-23-28-22-16(3-2-6-32(22)29-23)15-8-17(24)20(26)18(25)9-15/h7-9,13-14,16,21H,2-6,10-11H2,1H3,(H,27,29)/t13-,14+,16?,21?. The van der Waals surface area contributed by atoms with Crippen molar-refractivity contribution in [1.82, 2.24) is 19.1 Å². The Hall–Kier alpha value is -2.62. The average Bonchev–Trinajstić information content (AvgIpc) is 3.47. The second kappa shape index (κ2) is 8.00. The Kier molecular flexibility index (Phi) is 5.08. The molecule has 2 bridgehead atoms. The molecule has 0 radical (unpaired) electrons. The Morgan fingerprint density at radius 2 is 1.76 bits per heavy atom. The zero-order chi connectivity index (χ0) is 22.7. The van der Waals surface area contributed by atoms with Crippen molar-refractivity contribution in [2.24, 2.45) is 11.8 Å². The van der Waals surface area contributed by atoms with Gasteiger partial charge in [-0.2, -0.15) is 9.36 Å². The van der Waals surface area contributed by atoms with Crippen LogP contribution in [0.25, 0.3) is 0 Å². The fourth-order valence-electron chi connectivity index (χ4n) is 5.79. The monoisotopic (exact) mass is 474 g/mol. The Morgan fingerprint density at radius 3 is 2.42 bits per heavy atom. The molecule has 2 fully saturated rings. The summed E-state index contributed by atoms with van der Waals surface area (Å²) < 4.78 is 47.4. The van der Waals surface area contributed by atoms with E-state index in [0.717, 1.165) is 37.3 Å². The molecule has 3 aromatic rings. The fraction of sp³-hybridized carbons (Fsp3) is 0.522. The van der Waals surface area contributed by atoms with Gasteiger partial charge in [-0.3, -0.25) is 0 Å². The van der Waals surface area contributed by atoms with Gasteiger partial charge in [0.15, 0.2) is 17.5 Å². The van der Waals surface area contributed by atoms with Crippen molar-refractivity contribution in [1.29, 1.82) is 0 Å². The van der Waals surface area contributed by atoms with E-state index in [-0.39, 0.29) is 5.92 Å². The Morgan fingerprint density at radius 1 is 1.03 bits per heavy atom. The van der Waals surface area contributed by atoms with Crippen LogP contribution in [0.3, 0.4) is 0 Å². The first-order valence-electron chi connectivity index (χ1n) is 11.5. The van der Waals surface area contributed by atoms with Gasteiger partial charge in [-0.25, -0.2) is 17.9 Å². The van der Waals surface area contributed by atoms with Crippen molar-refractivity contribution in [3.8, 4) is 0 Å². The van der Waals surface area contributed by atoms with E-state index in [0.29, 0.717) is 48.2 Å². The summed E-state index contributed by atoms with van der Waals surface area (Å²) in [7, 11) is 0. The maximum absolute atomic E-state index is 13.9. The van der Waals surface area contributed by atoms with E-state index in [1.54, 1.807) is 11.5 Å². The number of hydrogen-bond acceptors (Lipinski definition) is 6. The molecule has 1 aromatic carbocycles. The highest BCUT2D eigenvalue weighted by atomic mass is 32.1. The first kappa shape index (κ1) is 20.9. The number of benzene rings is 1. The Balaban J connectivity index is 1.22. The minimum absolute atomic E-state index is 0.305. The lowest BCUT2D eigenvalue weighted by molar-refractivity contribution is 0.377. The third-order valence-electron chi connectivity index (χ3n) is 7.34. The van der Waals surface area contributed by atoms with Crippen LogP contribution in [0.15, 0.2) is 18.2 Å². The molecule has 2 aromatic heterocycles. The van der Waals surface area contributed by atoms with Gasteiger partial charge in [-0.05, 0) is 79.7 Å². The molecule has 1 N–H and O–H groups in total. The number of nitrogens with zero attached hydrogens (tertiary/aromatic N) is 5. The maximum atomic E-state index is 13.9. The molecule has 174 valence electrons. The third kappa shape index (κ3) is 3.68. The van der Waals surface area contributed by atoms with Gasteiger partial charge in [0.05, 0.1) is 5.69 Å². The number of aromatic nitrogens is 4. The molecular formula is C23H25F3N6S. The second-order valence-corrected chi connectivity index (χ2v) is 10.3. The summed E-state index contributed by atoms with van der Waals surface area (Å²) in [6, 6.07) is 4.62. The molecule has 4 heterocycles. The van der Waals surface area contributed by atoms with E-state index in [1.165, 1.54) is 17.8 Å². The molecule has 6 rings (SSSR count). The van der Waals surface area contributed by atoms with Crippen LogP contribution < -0.4 is 10.2 Å². The lowest BCUT2D eigenvalue weighted by atomic mass is 9.91. The van der Waals surface area contributed by atoms with Crippen LogP contribution in [0.4, 0.5) is 24.1 Å². The lowest BCUT2D eigenvalue weighted by Crippen LogP contribution is -2.48. The first-order valence-corrected chi connectivity index (χ1v) is 12.3. The van der Waals surface area contributed by atoms with Gasteiger partial charge in [0.1, 0.15) is 10.8 Å². The van der Waals surface area contributed by atoms with E-state index in [1.807, 2.05) is 11.6 Å². The summed E-state index contributed by atoms with van der Waals surface area (Å²) in [6.07, 6.45) is 3.85. The number of nitrogens with one attached hydrogen (secondary N) is 1. The van der Waals surface area contributed by atoms with E-state index < -0.39 is 17.5 Å². The Labute approximate surface area is 194 Å². The number of hydrogen-bond donors (Lipinski definition) is 1. The third-order valence-corrected chi connectivity index (χ3v) is 8.28. The lowest BCUT2D eigenvalue weighted by Gasteiger charge is -2.38. The topological polar surface area (TPSA) is 58.9 Å². The van der Waals surface area contributed by atoms with Crippen molar-refractivity contribution in [3.63, 3.8) is 0 Å². The molecule has 1 aliphatic carbocycles. The number of rotatable bonds is 4. The summed E-state index contributed by atoms with van der Waals surface area (Å²) in [5.74, 6) is -1.82. The largest absolute Gasteiger partial charge is 0.361 e. The number of aryl methyl sites for hydroxylation is 2. The molecule has 0 amide bonds. The quantitative estimate of drug-likeness (QED) is 0.555.